The molecule has 0 radical (unpaired) electrons. The first-order chi connectivity index (χ1) is 9.08. The summed E-state index contributed by atoms with van der Waals surface area (Å²) in [6.45, 7) is 7.68. The van der Waals surface area contributed by atoms with E-state index in [1.165, 1.54) is 13.2 Å². The van der Waals surface area contributed by atoms with Crippen LogP contribution in [0.1, 0.15) is 52.4 Å². The summed E-state index contributed by atoms with van der Waals surface area (Å²) < 4.78 is 9.96. The Kier molecular flexibility index (Phi) is 8.92. The van der Waals surface area contributed by atoms with E-state index >= 15 is 0 Å². The number of methoxy groups -OCH3 is 1. The molecule has 0 unspecified atom stereocenters. The van der Waals surface area contributed by atoms with E-state index in [-0.39, 0.29) is 6.61 Å². The Balaban J connectivity index is 5.13. The Bertz CT molecular complexity index is 289. The fourth-order valence-electron chi connectivity index (χ4n) is 2.04. The molecular formula is C15H26O4. The average Bonchev–Trinajstić information content (AvgIpc) is 2.44. The van der Waals surface area contributed by atoms with Crippen LogP contribution in [-0.2, 0) is 19.1 Å². The van der Waals surface area contributed by atoms with Gasteiger partial charge >= 0.3 is 11.9 Å². The molecule has 0 saturated carbocycles. The zero-order chi connectivity index (χ0) is 14.7. The molecule has 0 rings (SSSR count). The van der Waals surface area contributed by atoms with Crippen molar-refractivity contribution in [3.63, 3.8) is 0 Å². The van der Waals surface area contributed by atoms with Gasteiger partial charge in [0.25, 0.3) is 0 Å². The van der Waals surface area contributed by atoms with Crippen LogP contribution in [0.4, 0.5) is 0 Å². The maximum Gasteiger partial charge on any atom is 0.323 e. The summed E-state index contributed by atoms with van der Waals surface area (Å²) in [5, 5.41) is 0. The van der Waals surface area contributed by atoms with E-state index in [0.29, 0.717) is 12.8 Å². The molecule has 4 heteroatoms. The summed E-state index contributed by atoms with van der Waals surface area (Å²) >= 11 is 0. The first-order valence-corrected chi connectivity index (χ1v) is 6.95. The van der Waals surface area contributed by atoms with Crippen molar-refractivity contribution < 1.29 is 19.1 Å². The van der Waals surface area contributed by atoms with Crippen molar-refractivity contribution in [1.82, 2.24) is 0 Å². The predicted molar refractivity (Wildman–Crippen MR) is 74.7 cm³/mol. The van der Waals surface area contributed by atoms with E-state index in [4.69, 9.17) is 9.47 Å². The van der Waals surface area contributed by atoms with Crippen molar-refractivity contribution in [2.24, 2.45) is 5.41 Å². The lowest BCUT2D eigenvalue weighted by atomic mass is 9.78. The number of ether oxygens (including phenoxy) is 2. The quantitative estimate of drug-likeness (QED) is 0.347. The van der Waals surface area contributed by atoms with Gasteiger partial charge in [0, 0.05) is 0 Å². The van der Waals surface area contributed by atoms with Crippen LogP contribution < -0.4 is 0 Å². The van der Waals surface area contributed by atoms with Gasteiger partial charge in [-0.25, -0.2) is 0 Å². The zero-order valence-electron chi connectivity index (χ0n) is 12.4. The normalized spacial score (nSPS) is 10.9. The van der Waals surface area contributed by atoms with Crippen LogP contribution in [0.3, 0.4) is 0 Å². The molecule has 0 aromatic rings. The molecule has 110 valence electrons. The van der Waals surface area contributed by atoms with E-state index in [0.717, 1.165) is 25.7 Å². The molecule has 0 atom stereocenters. The second-order valence-corrected chi connectivity index (χ2v) is 4.67. The van der Waals surface area contributed by atoms with Gasteiger partial charge in [-0.05, 0) is 12.8 Å². The highest BCUT2D eigenvalue weighted by atomic mass is 16.6. The molecular weight excluding hydrogens is 244 g/mol. The average molecular weight is 270 g/mol. The van der Waals surface area contributed by atoms with Crippen LogP contribution >= 0.6 is 0 Å². The summed E-state index contributed by atoms with van der Waals surface area (Å²) in [5.41, 5.74) is -1.15. The van der Waals surface area contributed by atoms with Crippen molar-refractivity contribution in [2.75, 3.05) is 13.7 Å². The molecule has 0 N–H and O–H groups in total. The van der Waals surface area contributed by atoms with Crippen LogP contribution in [-0.4, -0.2) is 25.7 Å². The Morgan fingerprint density at radius 2 is 1.63 bits per heavy atom. The highest BCUT2D eigenvalue weighted by Gasteiger charge is 2.47. The smallest absolute Gasteiger partial charge is 0.323 e. The molecule has 0 fully saturated rings. The second kappa shape index (κ2) is 9.59. The van der Waals surface area contributed by atoms with Gasteiger partial charge in [0.15, 0.2) is 5.41 Å². The van der Waals surface area contributed by atoms with Gasteiger partial charge < -0.3 is 9.47 Å². The summed E-state index contributed by atoms with van der Waals surface area (Å²) in [5.74, 6) is -0.968. The molecule has 0 saturated heterocycles. The number of rotatable bonds is 10. The van der Waals surface area contributed by atoms with E-state index in [9.17, 15) is 9.59 Å². The lowest BCUT2D eigenvalue weighted by molar-refractivity contribution is -0.171. The van der Waals surface area contributed by atoms with Gasteiger partial charge in [0.2, 0.25) is 0 Å². The third-order valence-electron chi connectivity index (χ3n) is 3.21. The molecule has 0 aromatic heterocycles. The Labute approximate surface area is 116 Å². The number of hydrogen-bond acceptors (Lipinski definition) is 4. The van der Waals surface area contributed by atoms with Crippen molar-refractivity contribution >= 4 is 11.9 Å². The lowest BCUT2D eigenvalue weighted by Gasteiger charge is -2.28. The van der Waals surface area contributed by atoms with Crippen LogP contribution in [0.2, 0.25) is 0 Å². The molecule has 0 amide bonds. The fraction of sp³-hybridized carbons (Fsp3) is 0.733. The largest absolute Gasteiger partial charge is 0.468 e. The fourth-order valence-corrected chi connectivity index (χ4v) is 2.04. The maximum atomic E-state index is 12.3. The molecule has 0 aliphatic rings. The van der Waals surface area contributed by atoms with E-state index < -0.39 is 17.4 Å². The minimum atomic E-state index is -1.15. The summed E-state index contributed by atoms with van der Waals surface area (Å²) in [7, 11) is 1.32. The summed E-state index contributed by atoms with van der Waals surface area (Å²) in [6, 6.07) is 0. The van der Waals surface area contributed by atoms with Gasteiger partial charge in [-0.3, -0.25) is 9.59 Å². The maximum absolute atomic E-state index is 12.3. The summed E-state index contributed by atoms with van der Waals surface area (Å²) in [6.07, 6.45) is 5.88. The molecule has 4 nitrogen and oxygen atoms in total. The van der Waals surface area contributed by atoms with Crippen molar-refractivity contribution in [3.05, 3.63) is 12.7 Å². The van der Waals surface area contributed by atoms with E-state index in [2.05, 4.69) is 6.58 Å². The van der Waals surface area contributed by atoms with Crippen LogP contribution in [0.25, 0.3) is 0 Å². The molecule has 19 heavy (non-hydrogen) atoms. The Hall–Kier alpha value is -1.32. The lowest BCUT2D eigenvalue weighted by Crippen LogP contribution is -2.41. The third kappa shape index (κ3) is 5.05. The topological polar surface area (TPSA) is 52.6 Å². The second-order valence-electron chi connectivity index (χ2n) is 4.67. The highest BCUT2D eigenvalue weighted by Crippen LogP contribution is 2.34. The van der Waals surface area contributed by atoms with Crippen LogP contribution in [0.5, 0.6) is 0 Å². The standard InChI is InChI=1S/C15H26O4/c1-5-8-10-15(11-9-6-2,13(16)18-4)14(17)19-12-7-3/h7H,3,5-6,8-12H2,1-2,4H3. The van der Waals surface area contributed by atoms with E-state index in [1.807, 2.05) is 13.8 Å². The van der Waals surface area contributed by atoms with Crippen molar-refractivity contribution in [2.45, 2.75) is 52.4 Å². The number of carbonyl (C=O) groups is 2. The van der Waals surface area contributed by atoms with E-state index in [1.54, 1.807) is 0 Å². The highest BCUT2D eigenvalue weighted by molar-refractivity contribution is 6.00. The minimum absolute atomic E-state index is 0.121. The van der Waals surface area contributed by atoms with Crippen LogP contribution in [0, 0.1) is 5.41 Å². The predicted octanol–water partition coefficient (Wildman–Crippen LogP) is 3.26. The zero-order valence-corrected chi connectivity index (χ0v) is 12.4. The number of unbranched alkanes of at least 4 members (excludes halogenated alkanes) is 2. The van der Waals surface area contributed by atoms with Gasteiger partial charge in [-0.1, -0.05) is 52.2 Å². The molecule has 0 spiro atoms. The van der Waals surface area contributed by atoms with Gasteiger partial charge in [-0.15, -0.1) is 0 Å². The Morgan fingerprint density at radius 1 is 1.11 bits per heavy atom. The number of carbonyl (C=O) groups excluding carboxylic acids is 2. The molecule has 0 aromatic carbocycles. The summed E-state index contributed by atoms with van der Waals surface area (Å²) in [4.78, 5) is 24.4. The number of hydrogen-bond donors (Lipinski definition) is 0. The molecule has 0 bridgehead atoms. The molecule has 0 aliphatic heterocycles. The van der Waals surface area contributed by atoms with Crippen molar-refractivity contribution in [3.8, 4) is 0 Å². The van der Waals surface area contributed by atoms with Gasteiger partial charge in [0.05, 0.1) is 7.11 Å². The Morgan fingerprint density at radius 3 is 2.00 bits per heavy atom. The van der Waals surface area contributed by atoms with Crippen LogP contribution in [0.15, 0.2) is 12.7 Å². The third-order valence-corrected chi connectivity index (χ3v) is 3.21. The monoisotopic (exact) mass is 270 g/mol. The van der Waals surface area contributed by atoms with Crippen molar-refractivity contribution in [1.29, 1.82) is 0 Å². The van der Waals surface area contributed by atoms with Gasteiger partial charge in [0.1, 0.15) is 6.61 Å². The molecule has 0 aliphatic carbocycles. The SMILES string of the molecule is C=CCOC(=O)C(CCCC)(CCCC)C(=O)OC. The number of esters is 2. The first-order valence-electron chi connectivity index (χ1n) is 6.95. The minimum Gasteiger partial charge on any atom is -0.468 e. The first kappa shape index (κ1) is 17.7. The van der Waals surface area contributed by atoms with Gasteiger partial charge in [-0.2, -0.15) is 0 Å². The molecule has 0 heterocycles.